The van der Waals surface area contributed by atoms with Crippen LogP contribution >= 0.6 is 0 Å². The number of sulfonamides is 1. The second kappa shape index (κ2) is 5.54. The van der Waals surface area contributed by atoms with Crippen molar-refractivity contribution in [2.24, 2.45) is 0 Å². The van der Waals surface area contributed by atoms with Crippen LogP contribution in [-0.2, 0) is 19.9 Å². The highest BCUT2D eigenvalue weighted by Gasteiger charge is 2.32. The van der Waals surface area contributed by atoms with Crippen LogP contribution in [0.4, 0.5) is 10.1 Å². The number of rotatable bonds is 4. The van der Waals surface area contributed by atoms with Gasteiger partial charge in [0, 0.05) is 12.2 Å². The van der Waals surface area contributed by atoms with Crippen molar-refractivity contribution in [2.75, 3.05) is 18.0 Å². The standard InChI is InChI=1S/C12H17FN2O4S2/c1-8-5-9(14)6-11(12(8)13)21(18,19)15-7-10-3-2-4-20(10,16)17/h5-6,10,15H,2-4,7,14H2,1H3. The molecule has 118 valence electrons. The molecule has 1 aliphatic rings. The Morgan fingerprint density at radius 1 is 1.43 bits per heavy atom. The molecular weight excluding hydrogens is 319 g/mol. The summed E-state index contributed by atoms with van der Waals surface area (Å²) in [5.41, 5.74) is 5.77. The summed E-state index contributed by atoms with van der Waals surface area (Å²) >= 11 is 0. The molecule has 1 atom stereocenters. The van der Waals surface area contributed by atoms with Crippen LogP contribution in [0.5, 0.6) is 0 Å². The van der Waals surface area contributed by atoms with Crippen LogP contribution in [0.1, 0.15) is 18.4 Å². The van der Waals surface area contributed by atoms with Gasteiger partial charge in [-0.1, -0.05) is 0 Å². The Bertz CT molecular complexity index is 760. The fraction of sp³-hybridized carbons (Fsp3) is 0.500. The van der Waals surface area contributed by atoms with E-state index in [4.69, 9.17) is 5.73 Å². The summed E-state index contributed by atoms with van der Waals surface area (Å²) in [5.74, 6) is -0.823. The van der Waals surface area contributed by atoms with Crippen molar-refractivity contribution in [3.8, 4) is 0 Å². The van der Waals surface area contributed by atoms with Crippen LogP contribution in [0.25, 0.3) is 0 Å². The Kier molecular flexibility index (Phi) is 4.27. The molecule has 0 aromatic heterocycles. The summed E-state index contributed by atoms with van der Waals surface area (Å²) in [6.45, 7) is 1.16. The third-order valence-electron chi connectivity index (χ3n) is 3.50. The van der Waals surface area contributed by atoms with Crippen LogP contribution in [-0.4, -0.2) is 34.4 Å². The number of benzene rings is 1. The average molecular weight is 336 g/mol. The molecule has 0 bridgehead atoms. The number of nitrogens with one attached hydrogen (secondary N) is 1. The minimum Gasteiger partial charge on any atom is -0.399 e. The molecule has 3 N–H and O–H groups in total. The van der Waals surface area contributed by atoms with E-state index in [9.17, 15) is 21.2 Å². The molecule has 0 amide bonds. The van der Waals surface area contributed by atoms with Crippen molar-refractivity contribution in [1.82, 2.24) is 4.72 Å². The second-order valence-corrected chi connectivity index (χ2v) is 9.27. The number of hydrogen-bond donors (Lipinski definition) is 2. The summed E-state index contributed by atoms with van der Waals surface area (Å²) in [6, 6.07) is 2.35. The molecule has 1 heterocycles. The van der Waals surface area contributed by atoms with Gasteiger partial charge >= 0.3 is 0 Å². The molecule has 0 aliphatic carbocycles. The minimum atomic E-state index is -4.14. The van der Waals surface area contributed by atoms with Gasteiger partial charge in [-0.3, -0.25) is 0 Å². The average Bonchev–Trinajstić information content (AvgIpc) is 2.70. The molecular formula is C12H17FN2O4S2. The number of hydrogen-bond acceptors (Lipinski definition) is 5. The summed E-state index contributed by atoms with van der Waals surface area (Å²) in [6.07, 6.45) is 0.920. The molecule has 1 saturated heterocycles. The normalized spacial score (nSPS) is 21.5. The van der Waals surface area contributed by atoms with Crippen molar-refractivity contribution in [1.29, 1.82) is 0 Å². The second-order valence-electron chi connectivity index (χ2n) is 5.13. The molecule has 1 aliphatic heterocycles. The predicted molar refractivity (Wildman–Crippen MR) is 77.5 cm³/mol. The van der Waals surface area contributed by atoms with Gasteiger partial charge in [-0.25, -0.2) is 25.9 Å². The van der Waals surface area contributed by atoms with Crippen LogP contribution in [0.2, 0.25) is 0 Å². The first-order chi connectivity index (χ1) is 9.63. The highest BCUT2D eigenvalue weighted by atomic mass is 32.2. The van der Waals surface area contributed by atoms with Crippen LogP contribution in [0.3, 0.4) is 0 Å². The number of anilines is 1. The van der Waals surface area contributed by atoms with Gasteiger partial charge in [0.05, 0.1) is 11.0 Å². The van der Waals surface area contributed by atoms with Gasteiger partial charge in [-0.2, -0.15) is 0 Å². The maximum Gasteiger partial charge on any atom is 0.243 e. The summed E-state index contributed by atoms with van der Waals surface area (Å²) < 4.78 is 63.7. The Labute approximate surface area is 123 Å². The summed E-state index contributed by atoms with van der Waals surface area (Å²) in [4.78, 5) is -0.560. The van der Waals surface area contributed by atoms with E-state index in [2.05, 4.69) is 4.72 Å². The van der Waals surface area contributed by atoms with Crippen LogP contribution in [0.15, 0.2) is 17.0 Å². The number of nitrogen functional groups attached to an aromatic ring is 1. The van der Waals surface area contributed by atoms with Crippen LogP contribution < -0.4 is 10.5 Å². The van der Waals surface area contributed by atoms with Crippen molar-refractivity contribution < 1.29 is 21.2 Å². The maximum atomic E-state index is 13.9. The first kappa shape index (κ1) is 16.2. The summed E-state index contributed by atoms with van der Waals surface area (Å²) in [7, 11) is -7.41. The van der Waals surface area contributed by atoms with E-state index >= 15 is 0 Å². The molecule has 0 radical (unpaired) electrons. The molecule has 9 heteroatoms. The number of nitrogens with two attached hydrogens (primary N) is 1. The monoisotopic (exact) mass is 336 g/mol. The number of sulfone groups is 1. The van der Waals surface area contributed by atoms with Crippen molar-refractivity contribution in [2.45, 2.75) is 29.9 Å². The van der Waals surface area contributed by atoms with Gasteiger partial charge in [0.1, 0.15) is 10.7 Å². The van der Waals surface area contributed by atoms with Gasteiger partial charge in [-0.05, 0) is 37.5 Å². The van der Waals surface area contributed by atoms with Gasteiger partial charge < -0.3 is 5.73 Å². The van der Waals surface area contributed by atoms with Crippen molar-refractivity contribution in [3.63, 3.8) is 0 Å². The van der Waals surface area contributed by atoms with Gasteiger partial charge in [-0.15, -0.1) is 0 Å². The molecule has 1 aromatic carbocycles. The Hall–Kier alpha value is -1.19. The highest BCUT2D eigenvalue weighted by Crippen LogP contribution is 2.23. The number of aryl methyl sites for hydroxylation is 1. The molecule has 0 spiro atoms. The molecule has 1 aromatic rings. The lowest BCUT2D eigenvalue weighted by molar-refractivity contribution is 0.550. The van der Waals surface area contributed by atoms with E-state index in [1.807, 2.05) is 0 Å². The third-order valence-corrected chi connectivity index (χ3v) is 7.20. The van der Waals surface area contributed by atoms with Gasteiger partial charge in [0.15, 0.2) is 9.84 Å². The van der Waals surface area contributed by atoms with Crippen molar-refractivity contribution in [3.05, 3.63) is 23.5 Å². The first-order valence-electron chi connectivity index (χ1n) is 6.40. The van der Waals surface area contributed by atoms with E-state index in [0.29, 0.717) is 12.8 Å². The topological polar surface area (TPSA) is 106 Å². The van der Waals surface area contributed by atoms with E-state index in [0.717, 1.165) is 6.07 Å². The van der Waals surface area contributed by atoms with E-state index in [-0.39, 0.29) is 23.5 Å². The lowest BCUT2D eigenvalue weighted by Crippen LogP contribution is -2.35. The van der Waals surface area contributed by atoms with E-state index in [1.54, 1.807) is 0 Å². The van der Waals surface area contributed by atoms with Gasteiger partial charge in [0.2, 0.25) is 10.0 Å². The SMILES string of the molecule is Cc1cc(N)cc(S(=O)(=O)NCC2CCCS2(=O)=O)c1F. The molecule has 21 heavy (non-hydrogen) atoms. The zero-order valence-electron chi connectivity index (χ0n) is 11.5. The molecule has 1 fully saturated rings. The fourth-order valence-corrected chi connectivity index (χ4v) is 5.46. The molecule has 6 nitrogen and oxygen atoms in total. The highest BCUT2D eigenvalue weighted by molar-refractivity contribution is 7.92. The lowest BCUT2D eigenvalue weighted by atomic mass is 10.2. The number of halogens is 1. The smallest absolute Gasteiger partial charge is 0.243 e. The maximum absolute atomic E-state index is 13.9. The predicted octanol–water partition coefficient (Wildman–Crippen LogP) is 0.572. The van der Waals surface area contributed by atoms with Crippen LogP contribution in [0, 0.1) is 12.7 Å². The molecule has 0 saturated carbocycles. The molecule has 2 rings (SSSR count). The fourth-order valence-electron chi connectivity index (χ4n) is 2.33. The summed E-state index contributed by atoms with van der Waals surface area (Å²) in [5, 5.41) is -0.752. The Morgan fingerprint density at radius 3 is 2.67 bits per heavy atom. The van der Waals surface area contributed by atoms with Gasteiger partial charge in [0.25, 0.3) is 0 Å². The zero-order chi connectivity index (χ0) is 15.8. The van der Waals surface area contributed by atoms with E-state index in [1.165, 1.54) is 13.0 Å². The Balaban J connectivity index is 2.24. The first-order valence-corrected chi connectivity index (χ1v) is 9.60. The quantitative estimate of drug-likeness (QED) is 0.782. The Morgan fingerprint density at radius 2 is 2.10 bits per heavy atom. The lowest BCUT2D eigenvalue weighted by Gasteiger charge is -2.13. The molecule has 1 unspecified atom stereocenters. The van der Waals surface area contributed by atoms with Crippen molar-refractivity contribution >= 4 is 25.5 Å². The minimum absolute atomic E-state index is 0.0607. The largest absolute Gasteiger partial charge is 0.399 e. The van der Waals surface area contributed by atoms with E-state index < -0.39 is 35.8 Å². The third kappa shape index (κ3) is 3.35. The zero-order valence-corrected chi connectivity index (χ0v) is 13.1.